The molecule has 1 heterocycles. The SMILES string of the molecule is COc1ccc(N)cc1-c1nnnn1C(C)C1CCCC1. The highest BCUT2D eigenvalue weighted by Gasteiger charge is 2.27. The van der Waals surface area contributed by atoms with Gasteiger partial charge in [0.1, 0.15) is 5.75 Å². The molecule has 112 valence electrons. The number of ether oxygens (including phenoxy) is 1. The van der Waals surface area contributed by atoms with Crippen LogP contribution < -0.4 is 10.5 Å². The van der Waals surface area contributed by atoms with Crippen LogP contribution >= 0.6 is 0 Å². The number of anilines is 1. The number of tetrazole rings is 1. The molecule has 1 aliphatic carbocycles. The molecule has 6 nitrogen and oxygen atoms in total. The number of nitrogens with two attached hydrogens (primary N) is 1. The Morgan fingerprint density at radius 2 is 2.10 bits per heavy atom. The van der Waals surface area contributed by atoms with Crippen molar-refractivity contribution in [3.63, 3.8) is 0 Å². The van der Waals surface area contributed by atoms with Gasteiger partial charge in [-0.1, -0.05) is 12.8 Å². The molecule has 1 fully saturated rings. The Labute approximate surface area is 124 Å². The van der Waals surface area contributed by atoms with E-state index >= 15 is 0 Å². The van der Waals surface area contributed by atoms with Crippen LogP contribution in [0.25, 0.3) is 11.4 Å². The maximum absolute atomic E-state index is 5.90. The first-order valence-corrected chi connectivity index (χ1v) is 7.42. The van der Waals surface area contributed by atoms with Crippen LogP contribution in [0.2, 0.25) is 0 Å². The van der Waals surface area contributed by atoms with Gasteiger partial charge in [-0.05, 0) is 54.3 Å². The Morgan fingerprint density at radius 3 is 2.81 bits per heavy atom. The van der Waals surface area contributed by atoms with Gasteiger partial charge in [0.05, 0.1) is 18.7 Å². The zero-order chi connectivity index (χ0) is 14.8. The lowest BCUT2D eigenvalue weighted by Gasteiger charge is -2.20. The van der Waals surface area contributed by atoms with Crippen molar-refractivity contribution >= 4 is 5.69 Å². The van der Waals surface area contributed by atoms with Gasteiger partial charge < -0.3 is 10.5 Å². The topological polar surface area (TPSA) is 78.8 Å². The Kier molecular flexibility index (Phi) is 3.77. The molecule has 1 saturated carbocycles. The third-order valence-electron chi connectivity index (χ3n) is 4.43. The molecule has 6 heteroatoms. The van der Waals surface area contributed by atoms with E-state index in [0.717, 1.165) is 17.1 Å². The lowest BCUT2D eigenvalue weighted by molar-refractivity contribution is 0.331. The van der Waals surface area contributed by atoms with Crippen molar-refractivity contribution in [3.8, 4) is 17.1 Å². The van der Waals surface area contributed by atoms with Gasteiger partial charge in [0.25, 0.3) is 0 Å². The smallest absolute Gasteiger partial charge is 0.186 e. The second-order valence-electron chi connectivity index (χ2n) is 5.69. The lowest BCUT2D eigenvalue weighted by atomic mass is 9.99. The highest BCUT2D eigenvalue weighted by molar-refractivity contribution is 5.68. The molecular weight excluding hydrogens is 266 g/mol. The molecule has 3 rings (SSSR count). The molecule has 0 bridgehead atoms. The molecular formula is C15H21N5O. The van der Waals surface area contributed by atoms with Crippen molar-refractivity contribution in [2.75, 3.05) is 12.8 Å². The first-order valence-electron chi connectivity index (χ1n) is 7.42. The van der Waals surface area contributed by atoms with Crippen LogP contribution in [0.1, 0.15) is 38.6 Å². The number of aromatic nitrogens is 4. The van der Waals surface area contributed by atoms with E-state index in [1.54, 1.807) is 7.11 Å². The predicted octanol–water partition coefficient (Wildman–Crippen LogP) is 2.68. The van der Waals surface area contributed by atoms with Crippen molar-refractivity contribution in [1.29, 1.82) is 0 Å². The minimum Gasteiger partial charge on any atom is -0.496 e. The Hall–Kier alpha value is -2.11. The maximum atomic E-state index is 5.90. The number of nitrogens with zero attached hydrogens (tertiary/aromatic N) is 4. The molecule has 0 amide bonds. The number of hydrogen-bond donors (Lipinski definition) is 1. The van der Waals surface area contributed by atoms with Crippen LogP contribution in [0.5, 0.6) is 5.75 Å². The van der Waals surface area contributed by atoms with Crippen LogP contribution in [0.15, 0.2) is 18.2 Å². The average molecular weight is 287 g/mol. The Morgan fingerprint density at radius 1 is 1.33 bits per heavy atom. The van der Waals surface area contributed by atoms with Gasteiger partial charge in [0, 0.05) is 5.69 Å². The predicted molar refractivity (Wildman–Crippen MR) is 80.9 cm³/mol. The van der Waals surface area contributed by atoms with Crippen LogP contribution in [-0.2, 0) is 0 Å². The highest BCUT2D eigenvalue weighted by Crippen LogP contribution is 2.37. The minimum absolute atomic E-state index is 0.281. The van der Waals surface area contributed by atoms with Crippen LogP contribution in [0.3, 0.4) is 0 Å². The summed E-state index contributed by atoms with van der Waals surface area (Å²) in [6.45, 7) is 2.19. The van der Waals surface area contributed by atoms with Crippen molar-refractivity contribution in [1.82, 2.24) is 20.2 Å². The monoisotopic (exact) mass is 287 g/mol. The van der Waals surface area contributed by atoms with E-state index in [1.165, 1.54) is 25.7 Å². The first-order chi connectivity index (χ1) is 10.2. The van der Waals surface area contributed by atoms with E-state index < -0.39 is 0 Å². The summed E-state index contributed by atoms with van der Waals surface area (Å²) in [4.78, 5) is 0. The van der Waals surface area contributed by atoms with E-state index in [0.29, 0.717) is 11.6 Å². The highest BCUT2D eigenvalue weighted by atomic mass is 16.5. The quantitative estimate of drug-likeness (QED) is 0.875. The minimum atomic E-state index is 0.281. The van der Waals surface area contributed by atoms with Crippen molar-refractivity contribution in [2.24, 2.45) is 5.92 Å². The van der Waals surface area contributed by atoms with Crippen molar-refractivity contribution in [2.45, 2.75) is 38.6 Å². The summed E-state index contributed by atoms with van der Waals surface area (Å²) < 4.78 is 7.33. The molecule has 1 atom stereocenters. The molecule has 0 radical (unpaired) electrons. The summed E-state index contributed by atoms with van der Waals surface area (Å²) in [7, 11) is 1.64. The fraction of sp³-hybridized carbons (Fsp3) is 0.533. The molecule has 2 aromatic rings. The number of nitrogen functional groups attached to an aromatic ring is 1. The maximum Gasteiger partial charge on any atom is 0.186 e. The molecule has 1 aromatic carbocycles. The van der Waals surface area contributed by atoms with E-state index in [-0.39, 0.29) is 6.04 Å². The fourth-order valence-corrected chi connectivity index (χ4v) is 3.19. The molecule has 0 aliphatic heterocycles. The summed E-state index contributed by atoms with van der Waals surface area (Å²) in [5, 5.41) is 12.3. The summed E-state index contributed by atoms with van der Waals surface area (Å²) >= 11 is 0. The van der Waals surface area contributed by atoms with E-state index in [1.807, 2.05) is 22.9 Å². The van der Waals surface area contributed by atoms with Gasteiger partial charge in [-0.25, -0.2) is 4.68 Å². The van der Waals surface area contributed by atoms with Gasteiger partial charge in [-0.15, -0.1) is 5.10 Å². The van der Waals surface area contributed by atoms with Gasteiger partial charge >= 0.3 is 0 Å². The largest absolute Gasteiger partial charge is 0.496 e. The summed E-state index contributed by atoms with van der Waals surface area (Å²) in [5.41, 5.74) is 7.42. The number of methoxy groups -OCH3 is 1. The second-order valence-corrected chi connectivity index (χ2v) is 5.69. The molecule has 2 N–H and O–H groups in total. The van der Waals surface area contributed by atoms with Crippen LogP contribution in [-0.4, -0.2) is 27.3 Å². The molecule has 0 saturated heterocycles. The fourth-order valence-electron chi connectivity index (χ4n) is 3.19. The molecule has 0 spiro atoms. The third kappa shape index (κ3) is 2.57. The normalized spacial score (nSPS) is 17.0. The molecule has 1 aliphatic rings. The van der Waals surface area contributed by atoms with Gasteiger partial charge in [-0.2, -0.15) is 0 Å². The first kappa shape index (κ1) is 13.9. The Bertz CT molecular complexity index is 618. The molecule has 1 aromatic heterocycles. The number of hydrogen-bond acceptors (Lipinski definition) is 5. The summed E-state index contributed by atoms with van der Waals surface area (Å²) in [6, 6.07) is 5.81. The lowest BCUT2D eigenvalue weighted by Crippen LogP contribution is -2.17. The van der Waals surface area contributed by atoms with Gasteiger partial charge in [-0.3, -0.25) is 0 Å². The Balaban J connectivity index is 2.00. The standard InChI is InChI=1S/C15H21N5O/c1-10(11-5-3-4-6-11)20-15(17-18-19-20)13-9-12(16)7-8-14(13)21-2/h7-11H,3-6,16H2,1-2H3. The number of benzene rings is 1. The second kappa shape index (κ2) is 5.71. The average Bonchev–Trinajstić information content (AvgIpc) is 3.18. The van der Waals surface area contributed by atoms with Crippen molar-refractivity contribution in [3.05, 3.63) is 18.2 Å². The van der Waals surface area contributed by atoms with Crippen molar-refractivity contribution < 1.29 is 4.74 Å². The van der Waals surface area contributed by atoms with E-state index in [4.69, 9.17) is 10.5 Å². The van der Waals surface area contributed by atoms with Gasteiger partial charge in [0.2, 0.25) is 0 Å². The summed E-state index contributed by atoms with van der Waals surface area (Å²) in [5.74, 6) is 2.09. The van der Waals surface area contributed by atoms with Gasteiger partial charge in [0.15, 0.2) is 5.82 Å². The van der Waals surface area contributed by atoms with E-state index in [9.17, 15) is 0 Å². The summed E-state index contributed by atoms with van der Waals surface area (Å²) in [6.07, 6.45) is 5.09. The molecule has 21 heavy (non-hydrogen) atoms. The number of rotatable bonds is 4. The zero-order valence-electron chi connectivity index (χ0n) is 12.5. The van der Waals surface area contributed by atoms with Crippen LogP contribution in [0.4, 0.5) is 5.69 Å². The zero-order valence-corrected chi connectivity index (χ0v) is 12.5. The van der Waals surface area contributed by atoms with Crippen LogP contribution in [0, 0.1) is 5.92 Å². The third-order valence-corrected chi connectivity index (χ3v) is 4.43. The molecule has 1 unspecified atom stereocenters. The van der Waals surface area contributed by atoms with E-state index in [2.05, 4.69) is 22.4 Å².